The number of nitrogens with one attached hydrogen (secondary N) is 1. The highest BCUT2D eigenvalue weighted by Crippen LogP contribution is 2.40. The lowest BCUT2D eigenvalue weighted by Gasteiger charge is -2.07. The van der Waals surface area contributed by atoms with Crippen molar-refractivity contribution in [2.45, 2.75) is 31.8 Å². The molecule has 2 aromatic carbocycles. The molecule has 0 saturated heterocycles. The zero-order valence-electron chi connectivity index (χ0n) is 10.9. The van der Waals surface area contributed by atoms with Gasteiger partial charge in [0.05, 0.1) is 0 Å². The van der Waals surface area contributed by atoms with Crippen LogP contribution in [0.5, 0.6) is 0 Å². The van der Waals surface area contributed by atoms with E-state index in [-0.39, 0.29) is 0 Å². The number of halogens is 1. The Kier molecular flexibility index (Phi) is 3.86. The van der Waals surface area contributed by atoms with E-state index in [1.807, 2.05) is 12.1 Å². The van der Waals surface area contributed by atoms with Crippen LogP contribution < -0.4 is 5.32 Å². The summed E-state index contributed by atoms with van der Waals surface area (Å²) in [6, 6.07) is 17.0. The molecular weight excluding hydrogens is 254 g/mol. The lowest BCUT2D eigenvalue weighted by Crippen LogP contribution is -2.12. The van der Waals surface area contributed by atoms with Gasteiger partial charge in [-0.3, -0.25) is 0 Å². The summed E-state index contributed by atoms with van der Waals surface area (Å²) < 4.78 is 0. The molecule has 1 aliphatic rings. The molecule has 0 amide bonds. The van der Waals surface area contributed by atoms with Gasteiger partial charge < -0.3 is 5.32 Å². The maximum atomic E-state index is 5.87. The summed E-state index contributed by atoms with van der Waals surface area (Å²) in [4.78, 5) is 0. The minimum absolute atomic E-state index is 0.792. The minimum Gasteiger partial charge on any atom is -0.309 e. The summed E-state index contributed by atoms with van der Waals surface area (Å²) in [6.07, 6.45) is 2.73. The van der Waals surface area contributed by atoms with Crippen LogP contribution in [-0.4, -0.2) is 0 Å². The summed E-state index contributed by atoms with van der Waals surface area (Å²) in [6.45, 7) is 1.80. The molecule has 0 heterocycles. The zero-order valence-corrected chi connectivity index (χ0v) is 11.7. The van der Waals surface area contributed by atoms with Crippen LogP contribution in [0.1, 0.15) is 35.4 Å². The first-order chi connectivity index (χ1) is 9.31. The monoisotopic (exact) mass is 271 g/mol. The molecule has 98 valence electrons. The van der Waals surface area contributed by atoms with Gasteiger partial charge in [0.1, 0.15) is 0 Å². The molecule has 2 heteroatoms. The van der Waals surface area contributed by atoms with E-state index in [1.54, 1.807) is 0 Å². The van der Waals surface area contributed by atoms with Crippen LogP contribution in [0.25, 0.3) is 0 Å². The quantitative estimate of drug-likeness (QED) is 0.844. The molecule has 0 spiro atoms. The lowest BCUT2D eigenvalue weighted by molar-refractivity contribution is 0.692. The highest BCUT2D eigenvalue weighted by atomic mass is 35.5. The van der Waals surface area contributed by atoms with E-state index in [0.717, 1.165) is 24.0 Å². The third kappa shape index (κ3) is 3.59. The molecule has 0 aliphatic heterocycles. The summed E-state index contributed by atoms with van der Waals surface area (Å²) in [7, 11) is 0. The highest BCUT2D eigenvalue weighted by molar-refractivity contribution is 6.30. The van der Waals surface area contributed by atoms with Crippen LogP contribution in [-0.2, 0) is 13.1 Å². The predicted octanol–water partition coefficient (Wildman–Crippen LogP) is 4.51. The van der Waals surface area contributed by atoms with E-state index < -0.39 is 0 Å². The third-order valence-corrected chi connectivity index (χ3v) is 3.82. The van der Waals surface area contributed by atoms with Crippen molar-refractivity contribution < 1.29 is 0 Å². The van der Waals surface area contributed by atoms with Crippen molar-refractivity contribution in [3.8, 4) is 0 Å². The van der Waals surface area contributed by atoms with Crippen molar-refractivity contribution in [1.82, 2.24) is 5.32 Å². The Bertz CT molecular complexity index is 543. The van der Waals surface area contributed by atoms with Crippen LogP contribution in [0.3, 0.4) is 0 Å². The Morgan fingerprint density at radius 3 is 2.42 bits per heavy atom. The Hall–Kier alpha value is -1.31. The fraction of sp³-hybridized carbons (Fsp3) is 0.294. The summed E-state index contributed by atoms with van der Waals surface area (Å²) in [5, 5.41) is 4.27. The second-order valence-corrected chi connectivity index (χ2v) is 5.69. The van der Waals surface area contributed by atoms with Crippen LogP contribution >= 0.6 is 11.6 Å². The highest BCUT2D eigenvalue weighted by Gasteiger charge is 2.23. The van der Waals surface area contributed by atoms with Crippen molar-refractivity contribution in [3.05, 3.63) is 70.2 Å². The minimum atomic E-state index is 0.792. The molecule has 1 N–H and O–H groups in total. The molecule has 0 unspecified atom stereocenters. The van der Waals surface area contributed by atoms with Gasteiger partial charge in [-0.2, -0.15) is 0 Å². The number of rotatable bonds is 5. The molecule has 0 atom stereocenters. The molecule has 1 nitrogen and oxygen atoms in total. The van der Waals surface area contributed by atoms with Gasteiger partial charge in [-0.25, -0.2) is 0 Å². The Balaban J connectivity index is 1.54. The Morgan fingerprint density at radius 2 is 1.68 bits per heavy atom. The molecule has 2 aromatic rings. The molecule has 0 bridgehead atoms. The van der Waals surface area contributed by atoms with Crippen molar-refractivity contribution in [2.24, 2.45) is 0 Å². The average Bonchev–Trinajstić information content (AvgIpc) is 3.26. The van der Waals surface area contributed by atoms with Crippen LogP contribution in [0.4, 0.5) is 0 Å². The summed E-state index contributed by atoms with van der Waals surface area (Å²) >= 11 is 5.87. The maximum absolute atomic E-state index is 5.87. The normalized spacial score (nSPS) is 14.6. The molecule has 19 heavy (non-hydrogen) atoms. The Labute approximate surface area is 119 Å². The largest absolute Gasteiger partial charge is 0.309 e. The number of hydrogen-bond donors (Lipinski definition) is 1. The van der Waals surface area contributed by atoms with Gasteiger partial charge in [0.25, 0.3) is 0 Å². The van der Waals surface area contributed by atoms with Crippen molar-refractivity contribution in [1.29, 1.82) is 0 Å². The summed E-state index contributed by atoms with van der Waals surface area (Å²) in [5.41, 5.74) is 4.15. The van der Waals surface area contributed by atoms with Gasteiger partial charge >= 0.3 is 0 Å². The van der Waals surface area contributed by atoms with E-state index in [4.69, 9.17) is 11.6 Å². The first-order valence-corrected chi connectivity index (χ1v) is 7.23. The van der Waals surface area contributed by atoms with E-state index >= 15 is 0 Å². The van der Waals surface area contributed by atoms with Crippen LogP contribution in [0.2, 0.25) is 5.02 Å². The average molecular weight is 272 g/mol. The van der Waals surface area contributed by atoms with Crippen LogP contribution in [0, 0.1) is 0 Å². The SMILES string of the molecule is Clc1ccc(CNCc2cccc(C3CC3)c2)cc1. The first-order valence-electron chi connectivity index (χ1n) is 6.85. The first kappa shape index (κ1) is 12.7. The number of hydrogen-bond acceptors (Lipinski definition) is 1. The molecule has 3 rings (SSSR count). The summed E-state index contributed by atoms with van der Waals surface area (Å²) in [5.74, 6) is 0.830. The molecule has 0 aromatic heterocycles. The van der Waals surface area contributed by atoms with Gasteiger partial charge in [-0.05, 0) is 47.6 Å². The predicted molar refractivity (Wildman–Crippen MR) is 80.4 cm³/mol. The molecule has 1 saturated carbocycles. The standard InChI is InChI=1S/C17H18ClN/c18-17-8-4-13(5-9-17)11-19-12-14-2-1-3-16(10-14)15-6-7-15/h1-5,8-10,15,19H,6-7,11-12H2. The van der Waals surface area contributed by atoms with Crippen LogP contribution in [0.15, 0.2) is 48.5 Å². The van der Waals surface area contributed by atoms with Crippen molar-refractivity contribution in [3.63, 3.8) is 0 Å². The fourth-order valence-corrected chi connectivity index (χ4v) is 2.45. The Morgan fingerprint density at radius 1 is 0.947 bits per heavy atom. The number of benzene rings is 2. The van der Waals surface area contributed by atoms with Gasteiger partial charge in [-0.1, -0.05) is 48.0 Å². The van der Waals surface area contributed by atoms with Gasteiger partial charge in [0.2, 0.25) is 0 Å². The molecule has 1 aliphatic carbocycles. The van der Waals surface area contributed by atoms with Gasteiger partial charge in [0.15, 0.2) is 0 Å². The van der Waals surface area contributed by atoms with E-state index in [1.165, 1.54) is 29.5 Å². The molecule has 0 radical (unpaired) electrons. The zero-order chi connectivity index (χ0) is 13.1. The van der Waals surface area contributed by atoms with E-state index in [9.17, 15) is 0 Å². The molecule has 1 fully saturated rings. The maximum Gasteiger partial charge on any atom is 0.0406 e. The second-order valence-electron chi connectivity index (χ2n) is 5.25. The van der Waals surface area contributed by atoms with Crippen molar-refractivity contribution in [2.75, 3.05) is 0 Å². The smallest absolute Gasteiger partial charge is 0.0406 e. The fourth-order valence-electron chi connectivity index (χ4n) is 2.33. The van der Waals surface area contributed by atoms with Crippen molar-refractivity contribution >= 4 is 11.6 Å². The van der Waals surface area contributed by atoms with Gasteiger partial charge in [0, 0.05) is 18.1 Å². The van der Waals surface area contributed by atoms with E-state index in [2.05, 4.69) is 41.7 Å². The van der Waals surface area contributed by atoms with E-state index in [0.29, 0.717) is 0 Å². The topological polar surface area (TPSA) is 12.0 Å². The lowest BCUT2D eigenvalue weighted by atomic mass is 10.1. The second kappa shape index (κ2) is 5.77. The van der Waals surface area contributed by atoms with Gasteiger partial charge in [-0.15, -0.1) is 0 Å². The molecular formula is C17H18ClN. The third-order valence-electron chi connectivity index (χ3n) is 3.57.